The Balaban J connectivity index is 1.53. The molecule has 3 atom stereocenters. The van der Waals surface area contributed by atoms with Gasteiger partial charge in [0, 0.05) is 11.6 Å². The lowest BCUT2D eigenvalue weighted by molar-refractivity contribution is -0.157. The van der Waals surface area contributed by atoms with Crippen molar-refractivity contribution in [3.05, 3.63) is 34.9 Å². The minimum absolute atomic E-state index is 0.00164. The second-order valence-electron chi connectivity index (χ2n) is 7.88. The van der Waals surface area contributed by atoms with E-state index in [9.17, 15) is 19.2 Å². The standard InChI is InChI=1S/C21H26ClN3O5/c1-13-7-5-6-10-21(13)19(28)25(20(29)24-21)12-17(26)30-14(2)18(27)23-11-15-8-3-4-9-16(15)22/h3-4,8-9,13-14H,5-7,10-12H2,1-2H3,(H,23,27)(H,24,29). The summed E-state index contributed by atoms with van der Waals surface area (Å²) in [5.41, 5.74) is -0.203. The van der Waals surface area contributed by atoms with Crippen LogP contribution in [0.15, 0.2) is 24.3 Å². The average Bonchev–Trinajstić information content (AvgIpc) is 2.94. The zero-order valence-electron chi connectivity index (χ0n) is 17.1. The molecule has 3 rings (SSSR count). The van der Waals surface area contributed by atoms with E-state index in [-0.39, 0.29) is 12.5 Å². The SMILES string of the molecule is CC(OC(=O)CN1C(=O)NC2(CCCCC2C)C1=O)C(=O)NCc1ccccc1Cl. The zero-order valence-corrected chi connectivity index (χ0v) is 17.8. The van der Waals surface area contributed by atoms with Gasteiger partial charge in [0.1, 0.15) is 12.1 Å². The van der Waals surface area contributed by atoms with Gasteiger partial charge in [0.05, 0.1) is 0 Å². The third-order valence-corrected chi connectivity index (χ3v) is 6.25. The zero-order chi connectivity index (χ0) is 21.9. The molecule has 8 nitrogen and oxygen atoms in total. The van der Waals surface area contributed by atoms with E-state index in [2.05, 4.69) is 10.6 Å². The van der Waals surface area contributed by atoms with Crippen LogP contribution in [-0.2, 0) is 25.7 Å². The number of urea groups is 1. The molecule has 1 saturated heterocycles. The van der Waals surface area contributed by atoms with Gasteiger partial charge >= 0.3 is 12.0 Å². The first-order valence-corrected chi connectivity index (χ1v) is 10.5. The van der Waals surface area contributed by atoms with E-state index >= 15 is 0 Å². The van der Waals surface area contributed by atoms with Crippen LogP contribution in [0.4, 0.5) is 4.79 Å². The monoisotopic (exact) mass is 435 g/mol. The first-order valence-electron chi connectivity index (χ1n) is 10.1. The van der Waals surface area contributed by atoms with Gasteiger partial charge in [0.25, 0.3) is 11.8 Å². The highest BCUT2D eigenvalue weighted by Gasteiger charge is 2.55. The number of rotatable bonds is 6. The summed E-state index contributed by atoms with van der Waals surface area (Å²) in [6.07, 6.45) is 2.17. The van der Waals surface area contributed by atoms with Crippen LogP contribution in [0.25, 0.3) is 0 Å². The largest absolute Gasteiger partial charge is 0.451 e. The predicted octanol–water partition coefficient (Wildman–Crippen LogP) is 2.39. The van der Waals surface area contributed by atoms with Gasteiger partial charge in [-0.1, -0.05) is 49.6 Å². The Bertz CT molecular complexity index is 861. The maximum absolute atomic E-state index is 12.9. The molecule has 30 heavy (non-hydrogen) atoms. The molecule has 1 spiro atoms. The van der Waals surface area contributed by atoms with Crippen molar-refractivity contribution < 1.29 is 23.9 Å². The van der Waals surface area contributed by atoms with Gasteiger partial charge in [-0.2, -0.15) is 0 Å². The van der Waals surface area contributed by atoms with Gasteiger partial charge in [-0.25, -0.2) is 4.79 Å². The summed E-state index contributed by atoms with van der Waals surface area (Å²) in [5, 5.41) is 5.95. The number of benzene rings is 1. The molecule has 1 saturated carbocycles. The number of carbonyl (C=O) groups excluding carboxylic acids is 4. The van der Waals surface area contributed by atoms with E-state index in [4.69, 9.17) is 16.3 Å². The van der Waals surface area contributed by atoms with E-state index in [0.29, 0.717) is 11.4 Å². The fourth-order valence-corrected chi connectivity index (χ4v) is 4.23. The molecule has 9 heteroatoms. The van der Waals surface area contributed by atoms with Gasteiger partial charge in [-0.05, 0) is 37.3 Å². The van der Waals surface area contributed by atoms with E-state index in [0.717, 1.165) is 29.7 Å². The molecule has 0 aromatic heterocycles. The fraction of sp³-hybridized carbons (Fsp3) is 0.524. The van der Waals surface area contributed by atoms with Crippen molar-refractivity contribution in [2.45, 2.75) is 57.7 Å². The van der Waals surface area contributed by atoms with Crippen LogP contribution in [0.2, 0.25) is 5.02 Å². The van der Waals surface area contributed by atoms with E-state index < -0.39 is 42.0 Å². The molecule has 3 unspecified atom stereocenters. The molecular formula is C21H26ClN3O5. The van der Waals surface area contributed by atoms with Crippen molar-refractivity contribution in [3.63, 3.8) is 0 Å². The summed E-state index contributed by atoms with van der Waals surface area (Å²) < 4.78 is 5.13. The maximum atomic E-state index is 12.9. The lowest BCUT2D eigenvalue weighted by Gasteiger charge is -2.36. The highest BCUT2D eigenvalue weighted by molar-refractivity contribution is 6.31. The third kappa shape index (κ3) is 4.43. The second-order valence-corrected chi connectivity index (χ2v) is 8.29. The Morgan fingerprint density at radius 3 is 2.77 bits per heavy atom. The Kier molecular flexibility index (Phi) is 6.65. The quantitative estimate of drug-likeness (QED) is 0.527. The average molecular weight is 436 g/mol. The minimum Gasteiger partial charge on any atom is -0.451 e. The third-order valence-electron chi connectivity index (χ3n) is 5.88. The van der Waals surface area contributed by atoms with Crippen molar-refractivity contribution in [2.75, 3.05) is 6.54 Å². The number of esters is 1. The molecule has 1 heterocycles. The lowest BCUT2D eigenvalue weighted by Crippen LogP contribution is -2.54. The first kappa shape index (κ1) is 22.1. The number of carbonyl (C=O) groups is 4. The lowest BCUT2D eigenvalue weighted by atomic mass is 9.73. The van der Waals surface area contributed by atoms with Crippen LogP contribution in [0.1, 0.15) is 45.1 Å². The van der Waals surface area contributed by atoms with E-state index in [1.165, 1.54) is 6.92 Å². The molecule has 1 aliphatic heterocycles. The van der Waals surface area contributed by atoms with Crippen LogP contribution in [0.5, 0.6) is 0 Å². The number of halogens is 1. The van der Waals surface area contributed by atoms with Gasteiger partial charge in [-0.15, -0.1) is 0 Å². The van der Waals surface area contributed by atoms with Crippen molar-refractivity contribution in [1.29, 1.82) is 0 Å². The Labute approximate surface area is 180 Å². The number of imide groups is 1. The molecular weight excluding hydrogens is 410 g/mol. The number of nitrogens with zero attached hydrogens (tertiary/aromatic N) is 1. The summed E-state index contributed by atoms with van der Waals surface area (Å²) in [4.78, 5) is 50.6. The van der Waals surface area contributed by atoms with Crippen molar-refractivity contribution in [2.24, 2.45) is 5.92 Å². The molecule has 4 amide bonds. The van der Waals surface area contributed by atoms with Gasteiger partial charge in [0.2, 0.25) is 0 Å². The van der Waals surface area contributed by atoms with Crippen molar-refractivity contribution >= 4 is 35.4 Å². The normalized spacial score (nSPS) is 24.5. The molecule has 2 fully saturated rings. The summed E-state index contributed by atoms with van der Waals surface area (Å²) >= 11 is 6.05. The highest BCUT2D eigenvalue weighted by atomic mass is 35.5. The van der Waals surface area contributed by atoms with Crippen LogP contribution in [-0.4, -0.2) is 46.9 Å². The summed E-state index contributed by atoms with van der Waals surface area (Å²) in [5.74, 6) is -1.72. The Morgan fingerprint density at radius 2 is 2.07 bits per heavy atom. The number of hydrogen-bond acceptors (Lipinski definition) is 5. The number of amides is 4. The molecule has 2 aliphatic rings. The number of ether oxygens (including phenoxy) is 1. The molecule has 2 N–H and O–H groups in total. The topological polar surface area (TPSA) is 105 Å². The van der Waals surface area contributed by atoms with Gasteiger partial charge < -0.3 is 15.4 Å². The van der Waals surface area contributed by atoms with Crippen LogP contribution in [0.3, 0.4) is 0 Å². The molecule has 1 aromatic rings. The van der Waals surface area contributed by atoms with Gasteiger partial charge in [-0.3, -0.25) is 19.3 Å². The van der Waals surface area contributed by atoms with Gasteiger partial charge in [0.15, 0.2) is 6.10 Å². The second kappa shape index (κ2) is 9.04. The summed E-state index contributed by atoms with van der Waals surface area (Å²) in [7, 11) is 0. The fourth-order valence-electron chi connectivity index (χ4n) is 4.02. The summed E-state index contributed by atoms with van der Waals surface area (Å²) in [6, 6.07) is 6.48. The molecule has 0 radical (unpaired) electrons. The minimum atomic E-state index is -1.08. The highest BCUT2D eigenvalue weighted by Crippen LogP contribution is 2.38. The maximum Gasteiger partial charge on any atom is 0.327 e. The molecule has 1 aromatic carbocycles. The van der Waals surface area contributed by atoms with Crippen LogP contribution < -0.4 is 10.6 Å². The first-order chi connectivity index (χ1) is 14.2. The molecule has 1 aliphatic carbocycles. The van der Waals surface area contributed by atoms with Crippen molar-refractivity contribution in [1.82, 2.24) is 15.5 Å². The van der Waals surface area contributed by atoms with E-state index in [1.807, 2.05) is 6.92 Å². The number of nitrogens with one attached hydrogen (secondary N) is 2. The Hall–Kier alpha value is -2.61. The van der Waals surface area contributed by atoms with E-state index in [1.54, 1.807) is 24.3 Å². The molecule has 162 valence electrons. The van der Waals surface area contributed by atoms with Crippen LogP contribution >= 0.6 is 11.6 Å². The smallest absolute Gasteiger partial charge is 0.327 e. The van der Waals surface area contributed by atoms with Crippen molar-refractivity contribution in [3.8, 4) is 0 Å². The summed E-state index contributed by atoms with van der Waals surface area (Å²) in [6.45, 7) is 3.02. The van der Waals surface area contributed by atoms with Crippen LogP contribution in [0, 0.1) is 5.92 Å². The molecule has 0 bridgehead atoms. The predicted molar refractivity (Wildman–Crippen MR) is 109 cm³/mol. The number of hydrogen-bond donors (Lipinski definition) is 2. The Morgan fingerprint density at radius 1 is 1.33 bits per heavy atom.